The van der Waals surface area contributed by atoms with Crippen molar-refractivity contribution in [1.82, 2.24) is 9.38 Å². The summed E-state index contributed by atoms with van der Waals surface area (Å²) in [7, 11) is 0. The number of aliphatic imine (C=N–C) groups is 1. The van der Waals surface area contributed by atoms with E-state index in [1.54, 1.807) is 0 Å². The first kappa shape index (κ1) is 12.6. The molecular weight excluding hydrogens is 330 g/mol. The molecule has 5 heteroatoms. The summed E-state index contributed by atoms with van der Waals surface area (Å²) in [6.45, 7) is 0.633. The number of nitrogens with zero attached hydrogens (tertiary/aromatic N) is 3. The van der Waals surface area contributed by atoms with Gasteiger partial charge in [-0.15, -0.1) is 0 Å². The van der Waals surface area contributed by atoms with Gasteiger partial charge in [-0.2, -0.15) is 0 Å². The van der Waals surface area contributed by atoms with Crippen molar-refractivity contribution in [1.29, 1.82) is 0 Å². The molecule has 4 rings (SSSR count). The minimum Gasteiger partial charge on any atom is -0.466 e. The second-order valence-electron chi connectivity index (χ2n) is 4.88. The van der Waals surface area contributed by atoms with E-state index in [2.05, 4.69) is 38.0 Å². The van der Waals surface area contributed by atoms with Gasteiger partial charge in [0.15, 0.2) is 5.65 Å². The molecule has 0 fully saturated rings. The smallest absolute Gasteiger partial charge is 0.237 e. The molecule has 0 N–H and O–H groups in total. The number of ether oxygens (including phenoxy) is 1. The molecule has 0 amide bonds. The third-order valence-electron chi connectivity index (χ3n) is 3.48. The Morgan fingerprint density at radius 1 is 1.14 bits per heavy atom. The summed E-state index contributed by atoms with van der Waals surface area (Å²) in [6.07, 6.45) is 3.88. The van der Waals surface area contributed by atoms with Crippen LogP contribution in [0.1, 0.15) is 17.4 Å². The number of rotatable bonds is 2. The summed E-state index contributed by atoms with van der Waals surface area (Å²) in [5.74, 6) is 0.611. The molecule has 21 heavy (non-hydrogen) atoms. The van der Waals surface area contributed by atoms with Gasteiger partial charge in [-0.25, -0.2) is 9.98 Å². The summed E-state index contributed by atoms with van der Waals surface area (Å²) in [4.78, 5) is 9.07. The van der Waals surface area contributed by atoms with E-state index in [1.165, 1.54) is 0 Å². The third kappa shape index (κ3) is 2.23. The number of benzene rings is 1. The Kier molecular flexibility index (Phi) is 3.00. The number of imidazole rings is 1. The van der Waals surface area contributed by atoms with Crippen molar-refractivity contribution in [2.75, 3.05) is 6.54 Å². The highest BCUT2D eigenvalue weighted by atomic mass is 79.9. The molecule has 0 saturated heterocycles. The summed E-state index contributed by atoms with van der Waals surface area (Å²) in [6, 6.07) is 14.1. The molecule has 0 aliphatic carbocycles. The molecular formula is C16H12BrN3O. The predicted molar refractivity (Wildman–Crippen MR) is 84.6 cm³/mol. The van der Waals surface area contributed by atoms with Crippen molar-refractivity contribution in [2.24, 2.45) is 4.99 Å². The molecule has 2 aromatic heterocycles. The normalized spacial score (nSPS) is 17.8. The van der Waals surface area contributed by atoms with Crippen LogP contribution in [0.25, 0.3) is 5.65 Å². The van der Waals surface area contributed by atoms with Crippen LogP contribution in [0.4, 0.5) is 0 Å². The molecule has 0 radical (unpaired) electrons. The van der Waals surface area contributed by atoms with Crippen LogP contribution >= 0.6 is 15.9 Å². The van der Waals surface area contributed by atoms with Gasteiger partial charge in [-0.05, 0) is 33.6 Å². The Morgan fingerprint density at radius 2 is 2.00 bits per heavy atom. The Morgan fingerprint density at radius 3 is 2.81 bits per heavy atom. The largest absolute Gasteiger partial charge is 0.466 e. The lowest BCUT2D eigenvalue weighted by molar-refractivity contribution is 0.230. The SMILES string of the molecule is Brc1cccn2cc(C3=NC[C@@H](c4ccccc4)O3)nc12. The van der Waals surface area contributed by atoms with Crippen molar-refractivity contribution >= 4 is 27.5 Å². The van der Waals surface area contributed by atoms with Crippen LogP contribution in [0, 0.1) is 0 Å². The maximum atomic E-state index is 5.96. The molecule has 3 heterocycles. The zero-order valence-corrected chi connectivity index (χ0v) is 12.7. The first-order valence-corrected chi connectivity index (χ1v) is 7.50. The fourth-order valence-corrected chi connectivity index (χ4v) is 2.89. The van der Waals surface area contributed by atoms with Gasteiger partial charge in [0, 0.05) is 12.4 Å². The second-order valence-corrected chi connectivity index (χ2v) is 5.73. The Bertz CT molecular complexity index is 826. The van der Waals surface area contributed by atoms with Crippen LogP contribution in [0.2, 0.25) is 0 Å². The highest BCUT2D eigenvalue weighted by Crippen LogP contribution is 2.25. The summed E-state index contributed by atoms with van der Waals surface area (Å²) < 4.78 is 8.87. The molecule has 0 unspecified atom stereocenters. The molecule has 1 aromatic carbocycles. The molecule has 0 bridgehead atoms. The van der Waals surface area contributed by atoms with Crippen molar-refractivity contribution in [3.63, 3.8) is 0 Å². The van der Waals surface area contributed by atoms with Gasteiger partial charge in [0.05, 0.1) is 11.0 Å². The topological polar surface area (TPSA) is 38.9 Å². The minimum atomic E-state index is -0.0190. The van der Waals surface area contributed by atoms with Gasteiger partial charge in [0.25, 0.3) is 0 Å². The van der Waals surface area contributed by atoms with Crippen LogP contribution in [-0.4, -0.2) is 21.8 Å². The van der Waals surface area contributed by atoms with Gasteiger partial charge in [0.2, 0.25) is 5.90 Å². The number of hydrogen-bond donors (Lipinski definition) is 0. The Balaban J connectivity index is 1.64. The quantitative estimate of drug-likeness (QED) is 0.714. The maximum absolute atomic E-state index is 5.96. The van der Waals surface area contributed by atoms with Crippen molar-refractivity contribution < 1.29 is 4.74 Å². The second kappa shape index (κ2) is 5.00. The third-order valence-corrected chi connectivity index (χ3v) is 4.10. The number of halogens is 1. The first-order chi connectivity index (χ1) is 10.3. The number of fused-ring (bicyclic) bond motifs is 1. The van der Waals surface area contributed by atoms with Gasteiger partial charge >= 0.3 is 0 Å². The van der Waals surface area contributed by atoms with Gasteiger partial charge in [0.1, 0.15) is 11.8 Å². The molecule has 1 atom stereocenters. The fraction of sp³-hybridized carbons (Fsp3) is 0.125. The van der Waals surface area contributed by atoms with Gasteiger partial charge < -0.3 is 9.14 Å². The fourth-order valence-electron chi connectivity index (χ4n) is 2.44. The zero-order valence-electron chi connectivity index (χ0n) is 11.1. The van der Waals surface area contributed by atoms with Crippen LogP contribution in [-0.2, 0) is 4.74 Å². The van der Waals surface area contributed by atoms with Crippen molar-refractivity contribution in [2.45, 2.75) is 6.10 Å². The monoisotopic (exact) mass is 341 g/mol. The number of aromatic nitrogens is 2. The number of pyridine rings is 1. The van der Waals surface area contributed by atoms with Crippen LogP contribution in [0.3, 0.4) is 0 Å². The maximum Gasteiger partial charge on any atom is 0.237 e. The molecule has 0 saturated carbocycles. The molecule has 0 spiro atoms. The predicted octanol–water partition coefficient (Wildman–Crippen LogP) is 3.61. The van der Waals surface area contributed by atoms with Crippen molar-refractivity contribution in [3.8, 4) is 0 Å². The van der Waals surface area contributed by atoms with E-state index >= 15 is 0 Å². The van der Waals surface area contributed by atoms with E-state index < -0.39 is 0 Å². The average Bonchev–Trinajstić information content (AvgIpc) is 3.15. The Labute approximate surface area is 130 Å². The van der Waals surface area contributed by atoms with Gasteiger partial charge in [-0.3, -0.25) is 0 Å². The van der Waals surface area contributed by atoms with Crippen LogP contribution < -0.4 is 0 Å². The summed E-state index contributed by atoms with van der Waals surface area (Å²) >= 11 is 3.50. The van der Waals surface area contributed by atoms with E-state index in [-0.39, 0.29) is 6.10 Å². The van der Waals surface area contributed by atoms with E-state index in [4.69, 9.17) is 4.74 Å². The average molecular weight is 342 g/mol. The summed E-state index contributed by atoms with van der Waals surface area (Å²) in [5.41, 5.74) is 2.77. The molecule has 104 valence electrons. The lowest BCUT2D eigenvalue weighted by atomic mass is 10.1. The standard InChI is InChI=1S/C16H12BrN3O/c17-12-7-4-8-20-10-13(19-15(12)20)16-18-9-14(21-16)11-5-2-1-3-6-11/h1-8,10,14H,9H2/t14-/m0/s1. The highest BCUT2D eigenvalue weighted by molar-refractivity contribution is 9.10. The first-order valence-electron chi connectivity index (χ1n) is 6.71. The van der Waals surface area contributed by atoms with E-state index in [0.717, 1.165) is 21.4 Å². The molecule has 1 aliphatic heterocycles. The highest BCUT2D eigenvalue weighted by Gasteiger charge is 2.24. The lowest BCUT2D eigenvalue weighted by Gasteiger charge is -2.10. The Hall–Kier alpha value is -2.14. The lowest BCUT2D eigenvalue weighted by Crippen LogP contribution is -2.06. The van der Waals surface area contributed by atoms with E-state index in [1.807, 2.05) is 47.1 Å². The van der Waals surface area contributed by atoms with E-state index in [9.17, 15) is 0 Å². The summed E-state index contributed by atoms with van der Waals surface area (Å²) in [5, 5.41) is 0. The van der Waals surface area contributed by atoms with Gasteiger partial charge in [-0.1, -0.05) is 30.3 Å². The zero-order chi connectivity index (χ0) is 14.2. The van der Waals surface area contributed by atoms with E-state index in [0.29, 0.717) is 12.4 Å². The van der Waals surface area contributed by atoms with Crippen molar-refractivity contribution in [3.05, 3.63) is 70.6 Å². The minimum absolute atomic E-state index is 0.0190. The molecule has 1 aliphatic rings. The molecule has 3 aromatic rings. The molecule has 4 nitrogen and oxygen atoms in total. The van der Waals surface area contributed by atoms with Crippen LogP contribution in [0.5, 0.6) is 0 Å². The number of hydrogen-bond acceptors (Lipinski definition) is 3. The van der Waals surface area contributed by atoms with Crippen LogP contribution in [0.15, 0.2) is 64.3 Å².